The summed E-state index contributed by atoms with van der Waals surface area (Å²) in [7, 11) is 1.51. The van der Waals surface area contributed by atoms with Crippen LogP contribution in [0.1, 0.15) is 30.0 Å². The number of carbonyl (C=O) groups is 1. The van der Waals surface area contributed by atoms with Crippen molar-refractivity contribution in [1.29, 1.82) is 0 Å². The molecule has 19 heavy (non-hydrogen) atoms. The van der Waals surface area contributed by atoms with E-state index < -0.39 is 6.10 Å². The summed E-state index contributed by atoms with van der Waals surface area (Å²) in [6.07, 6.45) is 2.61. The number of hydrogen-bond acceptors (Lipinski definition) is 3. The van der Waals surface area contributed by atoms with E-state index in [2.05, 4.69) is 17.4 Å². The lowest BCUT2D eigenvalue weighted by molar-refractivity contribution is -0.131. The van der Waals surface area contributed by atoms with Gasteiger partial charge in [-0.2, -0.15) is 0 Å². The number of methoxy groups -OCH3 is 1. The standard InChI is InChI=1S/C14H20N2O2.ClH/c1-18-13(9-15)14(17)16-12-8-4-6-10-5-2-3-7-11(10)12;/h2-3,5,7,12-13H,4,6,8-9,15H2,1H3,(H,16,17);1H. The summed E-state index contributed by atoms with van der Waals surface area (Å²) in [4.78, 5) is 12.0. The lowest BCUT2D eigenvalue weighted by atomic mass is 9.87. The Morgan fingerprint density at radius 2 is 2.26 bits per heavy atom. The molecule has 1 aromatic rings. The maximum atomic E-state index is 12.0. The molecule has 2 rings (SSSR count). The Hall–Kier alpha value is -1.10. The third-order valence-corrected chi connectivity index (χ3v) is 3.48. The first-order chi connectivity index (χ1) is 8.76. The zero-order valence-electron chi connectivity index (χ0n) is 11.1. The number of aryl methyl sites for hydroxylation is 1. The van der Waals surface area contributed by atoms with E-state index in [1.54, 1.807) is 0 Å². The van der Waals surface area contributed by atoms with Gasteiger partial charge in [-0.05, 0) is 30.4 Å². The number of ether oxygens (including phenoxy) is 1. The van der Waals surface area contributed by atoms with Gasteiger partial charge in [0.1, 0.15) is 6.10 Å². The zero-order valence-corrected chi connectivity index (χ0v) is 11.9. The highest BCUT2D eigenvalue weighted by molar-refractivity contribution is 5.85. The van der Waals surface area contributed by atoms with Crippen LogP contribution in [0.4, 0.5) is 0 Å². The molecule has 3 N–H and O–H groups in total. The fourth-order valence-corrected chi connectivity index (χ4v) is 2.48. The molecule has 0 spiro atoms. The van der Waals surface area contributed by atoms with Crippen molar-refractivity contribution in [1.82, 2.24) is 5.32 Å². The van der Waals surface area contributed by atoms with Crippen molar-refractivity contribution in [2.24, 2.45) is 5.73 Å². The predicted molar refractivity (Wildman–Crippen MR) is 77.4 cm³/mol. The molecule has 0 radical (unpaired) electrons. The molecular formula is C14H21ClN2O2. The minimum Gasteiger partial charge on any atom is -0.370 e. The molecule has 1 aromatic carbocycles. The van der Waals surface area contributed by atoms with Crippen molar-refractivity contribution in [2.75, 3.05) is 13.7 Å². The van der Waals surface area contributed by atoms with Gasteiger partial charge in [-0.1, -0.05) is 24.3 Å². The topological polar surface area (TPSA) is 64.3 Å². The quantitative estimate of drug-likeness (QED) is 0.882. The number of rotatable bonds is 4. The summed E-state index contributed by atoms with van der Waals surface area (Å²) in [6, 6.07) is 8.36. The van der Waals surface area contributed by atoms with Crippen molar-refractivity contribution < 1.29 is 9.53 Å². The van der Waals surface area contributed by atoms with Crippen LogP contribution < -0.4 is 11.1 Å². The smallest absolute Gasteiger partial charge is 0.250 e. The lowest BCUT2D eigenvalue weighted by Gasteiger charge is -2.27. The molecule has 0 saturated carbocycles. The van der Waals surface area contributed by atoms with Gasteiger partial charge in [0, 0.05) is 13.7 Å². The zero-order chi connectivity index (χ0) is 13.0. The average Bonchev–Trinajstić information content (AvgIpc) is 2.40. The van der Waals surface area contributed by atoms with Crippen LogP contribution in [0.5, 0.6) is 0 Å². The predicted octanol–water partition coefficient (Wildman–Crippen LogP) is 1.58. The summed E-state index contributed by atoms with van der Waals surface area (Å²) in [5.41, 5.74) is 8.05. The van der Waals surface area contributed by atoms with Crippen LogP contribution >= 0.6 is 12.4 Å². The molecule has 0 aromatic heterocycles. The molecule has 0 fully saturated rings. The molecule has 1 aliphatic rings. The van der Waals surface area contributed by atoms with E-state index >= 15 is 0 Å². The van der Waals surface area contributed by atoms with Gasteiger partial charge in [-0.25, -0.2) is 0 Å². The Kier molecular flexibility index (Phi) is 6.28. The van der Waals surface area contributed by atoms with E-state index in [4.69, 9.17) is 10.5 Å². The molecule has 1 amide bonds. The van der Waals surface area contributed by atoms with Crippen LogP contribution in [-0.4, -0.2) is 25.7 Å². The van der Waals surface area contributed by atoms with Gasteiger partial charge in [0.05, 0.1) is 6.04 Å². The molecule has 0 heterocycles. The van der Waals surface area contributed by atoms with Gasteiger partial charge in [-0.15, -0.1) is 12.4 Å². The first-order valence-corrected chi connectivity index (χ1v) is 6.37. The largest absolute Gasteiger partial charge is 0.370 e. The van der Waals surface area contributed by atoms with Crippen LogP contribution in [0.25, 0.3) is 0 Å². The Morgan fingerprint density at radius 3 is 2.95 bits per heavy atom. The minimum absolute atomic E-state index is 0. The average molecular weight is 285 g/mol. The fraction of sp³-hybridized carbons (Fsp3) is 0.500. The number of fused-ring (bicyclic) bond motifs is 1. The van der Waals surface area contributed by atoms with E-state index in [0.717, 1.165) is 19.3 Å². The number of halogens is 1. The molecule has 2 unspecified atom stereocenters. The van der Waals surface area contributed by atoms with Crippen molar-refractivity contribution in [2.45, 2.75) is 31.4 Å². The molecule has 1 aliphatic carbocycles. The normalized spacial score (nSPS) is 18.9. The van der Waals surface area contributed by atoms with Crippen molar-refractivity contribution in [3.05, 3.63) is 35.4 Å². The molecule has 106 valence electrons. The molecular weight excluding hydrogens is 264 g/mol. The second-order valence-electron chi connectivity index (χ2n) is 4.61. The molecule has 0 aliphatic heterocycles. The SMILES string of the molecule is COC(CN)C(=O)NC1CCCc2ccccc21.Cl. The molecule has 0 bridgehead atoms. The van der Waals surface area contributed by atoms with E-state index in [1.165, 1.54) is 18.2 Å². The Balaban J connectivity index is 0.00000180. The molecule has 2 atom stereocenters. The van der Waals surface area contributed by atoms with E-state index in [-0.39, 0.29) is 30.9 Å². The highest BCUT2D eigenvalue weighted by atomic mass is 35.5. The van der Waals surface area contributed by atoms with E-state index in [0.29, 0.717) is 0 Å². The Bertz CT molecular complexity index is 422. The minimum atomic E-state index is -0.556. The number of benzene rings is 1. The van der Waals surface area contributed by atoms with Gasteiger partial charge >= 0.3 is 0 Å². The highest BCUT2D eigenvalue weighted by Gasteiger charge is 2.24. The van der Waals surface area contributed by atoms with Crippen LogP contribution in [0.2, 0.25) is 0 Å². The van der Waals surface area contributed by atoms with Gasteiger partial charge in [0.15, 0.2) is 0 Å². The van der Waals surface area contributed by atoms with Gasteiger partial charge in [0.2, 0.25) is 0 Å². The van der Waals surface area contributed by atoms with Crippen LogP contribution in [0.3, 0.4) is 0 Å². The summed E-state index contributed by atoms with van der Waals surface area (Å²) in [5, 5.41) is 3.03. The molecule has 5 heteroatoms. The highest BCUT2D eigenvalue weighted by Crippen LogP contribution is 2.29. The van der Waals surface area contributed by atoms with E-state index in [9.17, 15) is 4.79 Å². The van der Waals surface area contributed by atoms with Gasteiger partial charge < -0.3 is 15.8 Å². The number of carbonyl (C=O) groups excluding carboxylic acids is 1. The lowest BCUT2D eigenvalue weighted by Crippen LogP contribution is -2.42. The maximum absolute atomic E-state index is 12.0. The summed E-state index contributed by atoms with van der Waals surface area (Å²) in [6.45, 7) is 0.205. The monoisotopic (exact) mass is 284 g/mol. The summed E-state index contributed by atoms with van der Waals surface area (Å²) >= 11 is 0. The first kappa shape index (κ1) is 16.0. The number of nitrogens with two attached hydrogens (primary N) is 1. The number of nitrogens with one attached hydrogen (secondary N) is 1. The van der Waals surface area contributed by atoms with Gasteiger partial charge in [-0.3, -0.25) is 4.79 Å². The summed E-state index contributed by atoms with van der Waals surface area (Å²) in [5.74, 6) is -0.123. The second kappa shape index (κ2) is 7.48. The first-order valence-electron chi connectivity index (χ1n) is 6.37. The summed E-state index contributed by atoms with van der Waals surface area (Å²) < 4.78 is 5.05. The second-order valence-corrected chi connectivity index (χ2v) is 4.61. The van der Waals surface area contributed by atoms with Crippen molar-refractivity contribution >= 4 is 18.3 Å². The molecule has 4 nitrogen and oxygen atoms in total. The maximum Gasteiger partial charge on any atom is 0.250 e. The third-order valence-electron chi connectivity index (χ3n) is 3.48. The van der Waals surface area contributed by atoms with Crippen molar-refractivity contribution in [3.8, 4) is 0 Å². The Labute approximate surface area is 120 Å². The number of amides is 1. The van der Waals surface area contributed by atoms with Crippen LogP contribution in [0.15, 0.2) is 24.3 Å². The van der Waals surface area contributed by atoms with Crippen molar-refractivity contribution in [3.63, 3.8) is 0 Å². The van der Waals surface area contributed by atoms with Crippen LogP contribution in [0, 0.1) is 0 Å². The molecule has 0 saturated heterocycles. The Morgan fingerprint density at radius 1 is 1.53 bits per heavy atom. The van der Waals surface area contributed by atoms with E-state index in [1.807, 2.05) is 12.1 Å². The van der Waals surface area contributed by atoms with Gasteiger partial charge in [0.25, 0.3) is 5.91 Å². The third kappa shape index (κ3) is 3.69. The van der Waals surface area contributed by atoms with Crippen LogP contribution in [-0.2, 0) is 16.0 Å². The number of hydrogen-bond donors (Lipinski definition) is 2. The fourth-order valence-electron chi connectivity index (χ4n) is 2.48.